The van der Waals surface area contributed by atoms with E-state index < -0.39 is 8.07 Å². The zero-order chi connectivity index (χ0) is 8.77. The maximum atomic E-state index is 4.49. The quantitative estimate of drug-likeness (QED) is 0.543. The number of fused-ring (bicyclic) bond motifs is 1. The van der Waals surface area contributed by atoms with Gasteiger partial charge < -0.3 is 0 Å². The van der Waals surface area contributed by atoms with Gasteiger partial charge in [-0.1, -0.05) is 37.9 Å². The first-order valence-electron chi connectivity index (χ1n) is 4.26. The lowest BCUT2D eigenvalue weighted by atomic mass is 10.2. The average molecular weight is 175 g/mol. The molecule has 0 atom stereocenters. The van der Waals surface area contributed by atoms with Crippen LogP contribution in [0.1, 0.15) is 0 Å². The maximum absolute atomic E-state index is 4.49. The van der Waals surface area contributed by atoms with Crippen LogP contribution in [-0.4, -0.2) is 13.4 Å². The maximum Gasteiger partial charge on any atom is 0.102 e. The van der Waals surface area contributed by atoms with Gasteiger partial charge in [-0.15, -0.1) is 0 Å². The van der Waals surface area contributed by atoms with Crippen molar-refractivity contribution in [2.24, 2.45) is 4.99 Å². The summed E-state index contributed by atoms with van der Waals surface area (Å²) in [6.45, 7) is 7.01. The molecule has 0 aromatic heterocycles. The minimum Gasteiger partial charge on any atom is -0.265 e. The van der Waals surface area contributed by atoms with Crippen molar-refractivity contribution < 1.29 is 0 Å². The molecule has 2 rings (SSSR count). The van der Waals surface area contributed by atoms with E-state index >= 15 is 0 Å². The second-order valence-electron chi connectivity index (χ2n) is 4.25. The van der Waals surface area contributed by atoms with Crippen molar-refractivity contribution in [2.75, 3.05) is 0 Å². The summed E-state index contributed by atoms with van der Waals surface area (Å²) in [5.41, 5.74) is 2.67. The standard InChI is InChI=1S/C10H13NSi/c1-12(2,3)10-9-6-4-5-8(9)7-11-10/h4-7H,1-3H3. The van der Waals surface area contributed by atoms with E-state index in [-0.39, 0.29) is 0 Å². The van der Waals surface area contributed by atoms with Crippen LogP contribution in [0.25, 0.3) is 0 Å². The second-order valence-corrected chi connectivity index (χ2v) is 9.23. The van der Waals surface area contributed by atoms with Crippen LogP contribution in [0.15, 0.2) is 40.6 Å². The van der Waals surface area contributed by atoms with Crippen molar-refractivity contribution in [3.8, 4) is 0 Å². The van der Waals surface area contributed by atoms with Crippen LogP contribution in [0.2, 0.25) is 19.6 Å². The van der Waals surface area contributed by atoms with Gasteiger partial charge in [0.05, 0.1) is 0 Å². The molecule has 12 heavy (non-hydrogen) atoms. The first-order chi connectivity index (χ1) is 5.59. The van der Waals surface area contributed by atoms with Crippen LogP contribution in [0, 0.1) is 0 Å². The Morgan fingerprint density at radius 1 is 1.25 bits per heavy atom. The normalized spacial score (nSPS) is 20.4. The molecule has 0 fully saturated rings. The molecule has 1 nitrogen and oxygen atoms in total. The summed E-state index contributed by atoms with van der Waals surface area (Å²) in [6.07, 6.45) is 8.40. The Balaban J connectivity index is 2.37. The molecule has 0 radical (unpaired) electrons. The van der Waals surface area contributed by atoms with Crippen molar-refractivity contribution in [1.82, 2.24) is 0 Å². The SMILES string of the molecule is C[Si](C)(C)C1=NC=C2C=CC=C21. The molecule has 0 spiro atoms. The summed E-state index contributed by atoms with van der Waals surface area (Å²) in [5, 5.41) is 1.35. The summed E-state index contributed by atoms with van der Waals surface area (Å²) in [6, 6.07) is 0. The highest BCUT2D eigenvalue weighted by Gasteiger charge is 2.29. The number of nitrogens with zero attached hydrogens (tertiary/aromatic N) is 1. The lowest BCUT2D eigenvalue weighted by Gasteiger charge is -2.17. The van der Waals surface area contributed by atoms with E-state index in [2.05, 4.69) is 42.9 Å². The summed E-state index contributed by atoms with van der Waals surface area (Å²) in [5.74, 6) is 0. The highest BCUT2D eigenvalue weighted by molar-refractivity contribution is 7.06. The predicted octanol–water partition coefficient (Wildman–Crippen LogP) is 2.70. The molecule has 0 unspecified atom stereocenters. The van der Waals surface area contributed by atoms with E-state index in [9.17, 15) is 0 Å². The van der Waals surface area contributed by atoms with Gasteiger partial charge in [0.25, 0.3) is 0 Å². The van der Waals surface area contributed by atoms with Crippen molar-refractivity contribution in [2.45, 2.75) is 19.6 Å². The van der Waals surface area contributed by atoms with Gasteiger partial charge in [0.1, 0.15) is 8.07 Å². The van der Waals surface area contributed by atoms with E-state index in [1.54, 1.807) is 0 Å². The molecule has 1 aliphatic heterocycles. The van der Waals surface area contributed by atoms with Crippen LogP contribution >= 0.6 is 0 Å². The zero-order valence-corrected chi connectivity index (χ0v) is 8.76. The molecule has 62 valence electrons. The van der Waals surface area contributed by atoms with Gasteiger partial charge in [0.15, 0.2) is 0 Å². The molecular weight excluding hydrogens is 162 g/mol. The fourth-order valence-corrected chi connectivity index (χ4v) is 3.05. The highest BCUT2D eigenvalue weighted by atomic mass is 28.3. The van der Waals surface area contributed by atoms with Gasteiger partial charge in [-0.3, -0.25) is 4.99 Å². The molecule has 0 aromatic rings. The number of hydrogen-bond acceptors (Lipinski definition) is 1. The molecule has 1 aliphatic carbocycles. The Morgan fingerprint density at radius 2 is 2.00 bits per heavy atom. The largest absolute Gasteiger partial charge is 0.265 e. The summed E-state index contributed by atoms with van der Waals surface area (Å²) >= 11 is 0. The third-order valence-electron chi connectivity index (χ3n) is 2.15. The monoisotopic (exact) mass is 175 g/mol. The van der Waals surface area contributed by atoms with Gasteiger partial charge in [-0.05, 0) is 0 Å². The highest BCUT2D eigenvalue weighted by Crippen LogP contribution is 2.29. The number of allylic oxidation sites excluding steroid dienone is 5. The fraction of sp³-hybridized carbons (Fsp3) is 0.300. The van der Waals surface area contributed by atoms with Crippen molar-refractivity contribution in [1.29, 1.82) is 0 Å². The van der Waals surface area contributed by atoms with E-state index in [0.29, 0.717) is 0 Å². The van der Waals surface area contributed by atoms with E-state index in [1.807, 2.05) is 6.20 Å². The molecule has 1 heterocycles. The lowest BCUT2D eigenvalue weighted by molar-refractivity contribution is 1.59. The van der Waals surface area contributed by atoms with Crippen LogP contribution in [0.5, 0.6) is 0 Å². The second kappa shape index (κ2) is 2.30. The predicted molar refractivity (Wildman–Crippen MR) is 56.1 cm³/mol. The van der Waals surface area contributed by atoms with Gasteiger partial charge >= 0.3 is 0 Å². The molecule has 0 N–H and O–H groups in total. The Morgan fingerprint density at radius 3 is 2.67 bits per heavy atom. The van der Waals surface area contributed by atoms with Gasteiger partial charge in [-0.25, -0.2) is 0 Å². The molecule has 0 amide bonds. The van der Waals surface area contributed by atoms with Gasteiger partial charge in [0, 0.05) is 22.7 Å². The van der Waals surface area contributed by atoms with Gasteiger partial charge in [-0.2, -0.15) is 0 Å². The molecular formula is C10H13NSi. The number of aliphatic imine (C=N–C) groups is 1. The van der Waals surface area contributed by atoms with Crippen LogP contribution in [-0.2, 0) is 0 Å². The topological polar surface area (TPSA) is 12.4 Å². The average Bonchev–Trinajstić information content (AvgIpc) is 2.37. The molecule has 0 saturated carbocycles. The zero-order valence-electron chi connectivity index (χ0n) is 7.76. The molecule has 0 aromatic carbocycles. The Hall–Kier alpha value is -0.893. The minimum atomic E-state index is -1.22. The lowest BCUT2D eigenvalue weighted by Crippen LogP contribution is -2.33. The van der Waals surface area contributed by atoms with E-state index in [0.717, 1.165) is 0 Å². The molecule has 2 aliphatic rings. The number of hydrogen-bond donors (Lipinski definition) is 0. The van der Waals surface area contributed by atoms with E-state index in [1.165, 1.54) is 16.5 Å². The fourth-order valence-electron chi connectivity index (χ4n) is 1.56. The third kappa shape index (κ3) is 1.03. The summed E-state index contributed by atoms with van der Waals surface area (Å²) in [7, 11) is -1.22. The van der Waals surface area contributed by atoms with Crippen LogP contribution in [0.3, 0.4) is 0 Å². The third-order valence-corrected chi connectivity index (χ3v) is 3.97. The smallest absolute Gasteiger partial charge is 0.102 e. The molecule has 0 saturated heterocycles. The summed E-state index contributed by atoms with van der Waals surface area (Å²) < 4.78 is 0. The van der Waals surface area contributed by atoms with Crippen LogP contribution in [0.4, 0.5) is 0 Å². The van der Waals surface area contributed by atoms with Crippen molar-refractivity contribution in [3.63, 3.8) is 0 Å². The van der Waals surface area contributed by atoms with Crippen LogP contribution < -0.4 is 0 Å². The van der Waals surface area contributed by atoms with Crippen molar-refractivity contribution >= 4 is 13.4 Å². The number of rotatable bonds is 1. The molecule has 2 heteroatoms. The Kier molecular flexibility index (Phi) is 1.48. The Labute approximate surface area is 74.2 Å². The first kappa shape index (κ1) is 7.74. The van der Waals surface area contributed by atoms with Gasteiger partial charge in [0.2, 0.25) is 0 Å². The Bertz CT molecular complexity index is 337. The van der Waals surface area contributed by atoms with E-state index in [4.69, 9.17) is 0 Å². The van der Waals surface area contributed by atoms with Crippen molar-refractivity contribution in [3.05, 3.63) is 35.6 Å². The molecule has 0 bridgehead atoms. The minimum absolute atomic E-state index is 1.22. The first-order valence-corrected chi connectivity index (χ1v) is 7.76. The summed E-state index contributed by atoms with van der Waals surface area (Å²) in [4.78, 5) is 4.49.